The van der Waals surface area contributed by atoms with E-state index in [9.17, 15) is 9.59 Å². The van der Waals surface area contributed by atoms with Gasteiger partial charge in [0.05, 0.1) is 12.7 Å². The van der Waals surface area contributed by atoms with Crippen LogP contribution in [0.1, 0.15) is 40.2 Å². The molecular weight excluding hydrogens is 532 g/mol. The van der Waals surface area contributed by atoms with Crippen molar-refractivity contribution in [2.24, 2.45) is 0 Å². The lowest BCUT2D eigenvalue weighted by atomic mass is 9.89. The van der Waals surface area contributed by atoms with Crippen molar-refractivity contribution in [2.75, 3.05) is 44.5 Å². The van der Waals surface area contributed by atoms with Crippen LogP contribution in [0, 0.1) is 0 Å². The van der Waals surface area contributed by atoms with Crippen molar-refractivity contribution in [3.8, 4) is 5.75 Å². The fourth-order valence-electron chi connectivity index (χ4n) is 4.40. The molecule has 2 heterocycles. The molecule has 1 aromatic heterocycles. The molecule has 2 amide bonds. The van der Waals surface area contributed by atoms with E-state index in [1.807, 2.05) is 66.4 Å². The van der Waals surface area contributed by atoms with Gasteiger partial charge >= 0.3 is 0 Å². The van der Waals surface area contributed by atoms with E-state index in [4.69, 9.17) is 4.74 Å². The summed E-state index contributed by atoms with van der Waals surface area (Å²) in [6, 6.07) is 17.3. The minimum atomic E-state index is -0.213. The van der Waals surface area contributed by atoms with Gasteiger partial charge in [-0.3, -0.25) is 9.59 Å². The maximum Gasteiger partial charge on any atom is 0.255 e. The smallest absolute Gasteiger partial charge is 0.255 e. The van der Waals surface area contributed by atoms with Crippen molar-refractivity contribution in [1.82, 2.24) is 9.88 Å². The first-order chi connectivity index (χ1) is 17.8. The van der Waals surface area contributed by atoms with Crippen LogP contribution in [0.25, 0.3) is 6.08 Å². The summed E-state index contributed by atoms with van der Waals surface area (Å²) in [5, 5.41) is 2.91. The first-order valence-corrected chi connectivity index (χ1v) is 13.0. The van der Waals surface area contributed by atoms with Gasteiger partial charge in [-0.1, -0.05) is 28.1 Å². The minimum Gasteiger partial charge on any atom is -0.496 e. The van der Waals surface area contributed by atoms with Crippen molar-refractivity contribution >= 4 is 45.3 Å². The Kier molecular flexibility index (Phi) is 8.61. The molecule has 0 spiro atoms. The SMILES string of the molecule is COc1ccc(Br)cc1/C=C/C(=O)Nc1ccc(C2CCN(C(=O)c3ccc(N(C)C)nc3)CC2)cc1. The van der Waals surface area contributed by atoms with Crippen LogP contribution in [0.5, 0.6) is 5.75 Å². The third kappa shape index (κ3) is 6.77. The number of amides is 2. The molecule has 192 valence electrons. The number of hydrogen-bond donors (Lipinski definition) is 1. The van der Waals surface area contributed by atoms with E-state index in [2.05, 4.69) is 38.4 Å². The molecule has 3 aromatic rings. The van der Waals surface area contributed by atoms with Crippen molar-refractivity contribution in [2.45, 2.75) is 18.8 Å². The van der Waals surface area contributed by atoms with Crippen LogP contribution in [-0.2, 0) is 4.79 Å². The Hall–Kier alpha value is -3.65. The second kappa shape index (κ2) is 12.1. The van der Waals surface area contributed by atoms with E-state index in [0.717, 1.165) is 34.4 Å². The van der Waals surface area contributed by atoms with Gasteiger partial charge in [-0.15, -0.1) is 0 Å². The maximum absolute atomic E-state index is 12.9. The van der Waals surface area contributed by atoms with Gasteiger partial charge in [-0.05, 0) is 72.9 Å². The Balaban J connectivity index is 1.30. The number of benzene rings is 2. The Morgan fingerprint density at radius 3 is 2.43 bits per heavy atom. The highest BCUT2D eigenvalue weighted by Gasteiger charge is 2.25. The van der Waals surface area contributed by atoms with E-state index >= 15 is 0 Å². The number of likely N-dealkylation sites (tertiary alicyclic amines) is 1. The molecule has 0 saturated carbocycles. The van der Waals surface area contributed by atoms with Gasteiger partial charge in [-0.25, -0.2) is 4.98 Å². The number of carbonyl (C=O) groups excluding carboxylic acids is 2. The van der Waals surface area contributed by atoms with Crippen LogP contribution in [0.3, 0.4) is 0 Å². The number of rotatable bonds is 7. The molecule has 1 aliphatic heterocycles. The molecule has 1 aliphatic rings. The van der Waals surface area contributed by atoms with Crippen molar-refractivity contribution in [1.29, 1.82) is 0 Å². The molecule has 4 rings (SSSR count). The topological polar surface area (TPSA) is 74.8 Å². The molecule has 1 fully saturated rings. The van der Waals surface area contributed by atoms with E-state index in [-0.39, 0.29) is 11.8 Å². The minimum absolute atomic E-state index is 0.0304. The summed E-state index contributed by atoms with van der Waals surface area (Å²) >= 11 is 3.44. The number of nitrogens with one attached hydrogen (secondary N) is 1. The van der Waals surface area contributed by atoms with Crippen LogP contribution in [0.15, 0.2) is 71.3 Å². The van der Waals surface area contributed by atoms with Crippen molar-refractivity contribution < 1.29 is 14.3 Å². The number of pyridine rings is 1. The molecule has 0 aliphatic carbocycles. The molecule has 0 bridgehead atoms. The third-order valence-electron chi connectivity index (χ3n) is 6.49. The zero-order valence-corrected chi connectivity index (χ0v) is 22.9. The largest absolute Gasteiger partial charge is 0.496 e. The first kappa shape index (κ1) is 26.4. The maximum atomic E-state index is 12.9. The Morgan fingerprint density at radius 2 is 1.81 bits per heavy atom. The number of halogens is 1. The fourth-order valence-corrected chi connectivity index (χ4v) is 4.78. The number of hydrogen-bond acceptors (Lipinski definition) is 5. The average Bonchev–Trinajstić information content (AvgIpc) is 2.92. The molecular formula is C29H31BrN4O3. The Morgan fingerprint density at radius 1 is 1.08 bits per heavy atom. The van der Waals surface area contributed by atoms with E-state index < -0.39 is 0 Å². The highest BCUT2D eigenvalue weighted by molar-refractivity contribution is 9.10. The Bertz CT molecular complexity index is 1270. The van der Waals surface area contributed by atoms with Crippen molar-refractivity contribution in [3.63, 3.8) is 0 Å². The van der Waals surface area contributed by atoms with Crippen LogP contribution in [0.2, 0.25) is 0 Å². The van der Waals surface area contributed by atoms with Gasteiger partial charge in [0.2, 0.25) is 5.91 Å². The second-order valence-corrected chi connectivity index (χ2v) is 10.1. The Labute approximate surface area is 226 Å². The highest BCUT2D eigenvalue weighted by atomic mass is 79.9. The van der Waals surface area contributed by atoms with Gasteiger partial charge in [0.25, 0.3) is 5.91 Å². The molecule has 2 aromatic carbocycles. The predicted octanol–water partition coefficient (Wildman–Crippen LogP) is 5.59. The number of carbonyl (C=O) groups is 2. The molecule has 7 nitrogen and oxygen atoms in total. The summed E-state index contributed by atoms with van der Waals surface area (Å²) in [6.45, 7) is 1.42. The summed E-state index contributed by atoms with van der Waals surface area (Å²) in [6.07, 6.45) is 6.68. The quantitative estimate of drug-likeness (QED) is 0.380. The van der Waals surface area contributed by atoms with Gasteiger partial charge in [-0.2, -0.15) is 0 Å². The fraction of sp³-hybridized carbons (Fsp3) is 0.276. The third-order valence-corrected chi connectivity index (χ3v) is 6.98. The number of anilines is 2. The lowest BCUT2D eigenvalue weighted by molar-refractivity contribution is -0.111. The van der Waals surface area contributed by atoms with Gasteiger partial charge < -0.3 is 19.9 Å². The lowest BCUT2D eigenvalue weighted by Gasteiger charge is -2.32. The van der Waals surface area contributed by atoms with Crippen LogP contribution < -0.4 is 15.0 Å². The zero-order valence-electron chi connectivity index (χ0n) is 21.3. The van der Waals surface area contributed by atoms with E-state index in [0.29, 0.717) is 30.3 Å². The standard InChI is InChI=1S/C29H31BrN4O3/c1-33(2)27-12-6-23(19-31-27)29(36)34-16-14-21(15-17-34)20-4-9-25(10-5-20)32-28(35)13-7-22-18-24(30)8-11-26(22)37-3/h4-13,18-19,21H,14-17H2,1-3H3,(H,32,35)/b13-7+. The summed E-state index contributed by atoms with van der Waals surface area (Å²) in [4.78, 5) is 33.5. The summed E-state index contributed by atoms with van der Waals surface area (Å²) in [5.41, 5.74) is 3.39. The highest BCUT2D eigenvalue weighted by Crippen LogP contribution is 2.30. The average molecular weight is 563 g/mol. The first-order valence-electron chi connectivity index (χ1n) is 12.2. The van der Waals surface area contributed by atoms with E-state index in [1.165, 1.54) is 11.6 Å². The number of ether oxygens (including phenoxy) is 1. The number of methoxy groups -OCH3 is 1. The van der Waals surface area contributed by atoms with Gasteiger partial charge in [0.15, 0.2) is 0 Å². The summed E-state index contributed by atoms with van der Waals surface area (Å²) < 4.78 is 6.26. The van der Waals surface area contributed by atoms with Gasteiger partial charge in [0, 0.05) is 55.2 Å². The molecule has 8 heteroatoms. The normalized spacial score (nSPS) is 14.0. The molecule has 0 atom stereocenters. The number of nitrogens with zero attached hydrogens (tertiary/aromatic N) is 3. The monoisotopic (exact) mass is 562 g/mol. The lowest BCUT2D eigenvalue weighted by Crippen LogP contribution is -2.38. The molecule has 1 saturated heterocycles. The van der Waals surface area contributed by atoms with Crippen molar-refractivity contribution in [3.05, 3.63) is 88.0 Å². The number of piperidine rings is 1. The van der Waals surface area contributed by atoms with Gasteiger partial charge in [0.1, 0.15) is 11.6 Å². The second-order valence-electron chi connectivity index (χ2n) is 9.20. The number of aromatic nitrogens is 1. The zero-order chi connectivity index (χ0) is 26.4. The van der Waals surface area contributed by atoms with Crippen LogP contribution in [-0.4, -0.2) is 56.0 Å². The predicted molar refractivity (Wildman–Crippen MR) is 151 cm³/mol. The molecule has 0 unspecified atom stereocenters. The van der Waals surface area contributed by atoms with Crippen LogP contribution in [0.4, 0.5) is 11.5 Å². The summed E-state index contributed by atoms with van der Waals surface area (Å²) in [7, 11) is 5.45. The molecule has 0 radical (unpaired) electrons. The summed E-state index contributed by atoms with van der Waals surface area (Å²) in [5.74, 6) is 1.73. The van der Waals surface area contributed by atoms with Crippen LogP contribution >= 0.6 is 15.9 Å². The molecule has 37 heavy (non-hydrogen) atoms. The van der Waals surface area contributed by atoms with E-state index in [1.54, 1.807) is 19.4 Å². The molecule has 1 N–H and O–H groups in total.